The Balaban J connectivity index is 0.00000163. The van der Waals surface area contributed by atoms with Crippen LogP contribution in [-0.4, -0.2) is 51.8 Å². The Labute approximate surface area is 159 Å². The number of aliphatic hydroxyl groups is 1. The lowest BCUT2D eigenvalue weighted by Crippen LogP contribution is -2.53. The van der Waals surface area contributed by atoms with Gasteiger partial charge in [0.25, 0.3) is 0 Å². The van der Waals surface area contributed by atoms with Crippen molar-refractivity contribution in [2.75, 3.05) is 26.0 Å². The zero-order chi connectivity index (χ0) is 20.0. The highest BCUT2D eigenvalue weighted by molar-refractivity contribution is 8.00. The molecule has 0 radical (unpaired) electrons. The average molecular weight is 428 g/mol. The molecule has 0 amide bonds. The van der Waals surface area contributed by atoms with Gasteiger partial charge < -0.3 is 5.11 Å². The molecule has 2 aliphatic rings. The molecule has 1 aliphatic carbocycles. The molecular formula is C16H27F6NOS2. The highest BCUT2D eigenvalue weighted by Gasteiger charge is 2.73. The highest BCUT2D eigenvalue weighted by Crippen LogP contribution is 2.56. The van der Waals surface area contributed by atoms with Gasteiger partial charge in [-0.3, -0.25) is 0 Å². The molecule has 1 saturated carbocycles. The van der Waals surface area contributed by atoms with Crippen molar-refractivity contribution in [3.8, 4) is 0 Å². The largest absolute Gasteiger partial charge is 0.400 e. The van der Waals surface area contributed by atoms with Crippen LogP contribution in [-0.2, 0) is 0 Å². The number of aliphatic hydroxyl groups excluding tert-OH is 1. The van der Waals surface area contributed by atoms with Crippen LogP contribution in [0.15, 0.2) is 0 Å². The summed E-state index contributed by atoms with van der Waals surface area (Å²) < 4.78 is 84.1. The number of fused-ring (bicyclic) bond motifs is 1. The first-order valence-corrected chi connectivity index (χ1v) is 10.5. The Morgan fingerprint density at radius 2 is 1.50 bits per heavy atom. The van der Waals surface area contributed by atoms with Crippen molar-refractivity contribution in [1.82, 2.24) is 4.31 Å². The lowest BCUT2D eigenvalue weighted by molar-refractivity contribution is -0.238. The van der Waals surface area contributed by atoms with Crippen molar-refractivity contribution in [3.63, 3.8) is 0 Å². The number of piperidine rings is 1. The molecule has 2 rings (SSSR count). The molecule has 1 N–H and O–H groups in total. The van der Waals surface area contributed by atoms with E-state index < -0.39 is 40.1 Å². The van der Waals surface area contributed by atoms with E-state index in [0.29, 0.717) is 12.3 Å². The molecule has 0 aromatic carbocycles. The SMILES string of the molecule is CCCSC(F)(F)C(F)(F)C(F)(F)SN1CCC2CCCCC2C1.CO. The van der Waals surface area contributed by atoms with Crippen molar-refractivity contribution in [2.45, 2.75) is 61.9 Å². The van der Waals surface area contributed by atoms with Gasteiger partial charge >= 0.3 is 16.4 Å². The molecule has 2 unspecified atom stereocenters. The molecule has 1 aliphatic heterocycles. The molecular weight excluding hydrogens is 400 g/mol. The van der Waals surface area contributed by atoms with Gasteiger partial charge in [-0.1, -0.05) is 37.9 Å². The topological polar surface area (TPSA) is 23.5 Å². The van der Waals surface area contributed by atoms with Crippen LogP contribution in [0, 0.1) is 11.8 Å². The van der Waals surface area contributed by atoms with Crippen molar-refractivity contribution in [1.29, 1.82) is 0 Å². The van der Waals surface area contributed by atoms with Crippen molar-refractivity contribution >= 4 is 23.7 Å². The van der Waals surface area contributed by atoms with Crippen LogP contribution in [0.3, 0.4) is 0 Å². The minimum atomic E-state index is -5.39. The number of hydrogen-bond acceptors (Lipinski definition) is 4. The Kier molecular flexibility index (Phi) is 9.43. The fraction of sp³-hybridized carbons (Fsp3) is 1.00. The minimum absolute atomic E-state index is 0.208. The molecule has 2 nitrogen and oxygen atoms in total. The summed E-state index contributed by atoms with van der Waals surface area (Å²) in [5.74, 6) is -5.03. The zero-order valence-corrected chi connectivity index (χ0v) is 16.6. The first kappa shape index (κ1) is 24.2. The summed E-state index contributed by atoms with van der Waals surface area (Å²) in [4.78, 5) is 0. The van der Waals surface area contributed by atoms with E-state index in [4.69, 9.17) is 5.11 Å². The van der Waals surface area contributed by atoms with Crippen molar-refractivity contribution < 1.29 is 31.4 Å². The van der Waals surface area contributed by atoms with Crippen molar-refractivity contribution in [3.05, 3.63) is 0 Å². The maximum atomic E-state index is 14.0. The van der Waals surface area contributed by atoms with E-state index in [1.165, 1.54) is 11.2 Å². The van der Waals surface area contributed by atoms with Crippen LogP contribution < -0.4 is 0 Å². The number of alkyl halides is 6. The van der Waals surface area contributed by atoms with Crippen LogP contribution in [0.5, 0.6) is 0 Å². The van der Waals surface area contributed by atoms with Crippen LogP contribution in [0.1, 0.15) is 45.4 Å². The number of nitrogens with zero attached hydrogens (tertiary/aromatic N) is 1. The number of halogens is 6. The minimum Gasteiger partial charge on any atom is -0.400 e. The summed E-state index contributed by atoms with van der Waals surface area (Å²) >= 11 is -0.800. The average Bonchev–Trinajstić information content (AvgIpc) is 2.61. The fourth-order valence-corrected chi connectivity index (χ4v) is 5.22. The third kappa shape index (κ3) is 5.61. The summed E-state index contributed by atoms with van der Waals surface area (Å²) in [7, 11) is 1.00. The van der Waals surface area contributed by atoms with E-state index >= 15 is 0 Å². The molecule has 1 saturated heterocycles. The van der Waals surface area contributed by atoms with E-state index in [9.17, 15) is 26.3 Å². The van der Waals surface area contributed by atoms with Gasteiger partial charge in [0.1, 0.15) is 0 Å². The third-order valence-corrected chi connectivity index (χ3v) is 7.02. The Morgan fingerprint density at radius 3 is 2.08 bits per heavy atom. The highest BCUT2D eigenvalue weighted by atomic mass is 32.2. The van der Waals surface area contributed by atoms with Gasteiger partial charge in [-0.15, -0.1) is 0 Å². The molecule has 1 heterocycles. The lowest BCUT2D eigenvalue weighted by Gasteiger charge is -2.42. The van der Waals surface area contributed by atoms with Gasteiger partial charge in [0.2, 0.25) is 0 Å². The molecule has 2 fully saturated rings. The van der Waals surface area contributed by atoms with Gasteiger partial charge in [0.05, 0.1) is 0 Å². The lowest BCUT2D eigenvalue weighted by atomic mass is 9.76. The van der Waals surface area contributed by atoms with Gasteiger partial charge in [-0.2, -0.15) is 26.3 Å². The second kappa shape index (κ2) is 10.1. The predicted octanol–water partition coefficient (Wildman–Crippen LogP) is 5.72. The molecule has 156 valence electrons. The maximum absolute atomic E-state index is 14.0. The van der Waals surface area contributed by atoms with Gasteiger partial charge in [-0.25, -0.2) is 4.31 Å². The standard InChI is InChI=1S/C15H23F6NS2.CH4O/c1-2-9-23-14(18,19)13(16,17)15(20,21)24-22-8-7-11-5-3-4-6-12(11)10-22;1-2/h11-12H,2-10H2,1H3;2H,1H3. The van der Waals surface area contributed by atoms with Gasteiger partial charge in [-0.05, 0) is 36.9 Å². The quantitative estimate of drug-likeness (QED) is 0.415. The van der Waals surface area contributed by atoms with E-state index in [1.54, 1.807) is 0 Å². The number of thioether (sulfide) groups is 1. The molecule has 0 spiro atoms. The molecule has 0 aromatic rings. The van der Waals surface area contributed by atoms with Crippen molar-refractivity contribution in [2.24, 2.45) is 11.8 Å². The smallest absolute Gasteiger partial charge is 0.392 e. The normalized spacial score (nSPS) is 25.3. The summed E-state index contributed by atoms with van der Waals surface area (Å²) in [5.41, 5.74) is 0. The zero-order valence-electron chi connectivity index (χ0n) is 15.0. The van der Waals surface area contributed by atoms with E-state index in [2.05, 4.69) is 0 Å². The van der Waals surface area contributed by atoms with E-state index in [-0.39, 0.29) is 31.2 Å². The van der Waals surface area contributed by atoms with Crippen LogP contribution >= 0.6 is 23.7 Å². The first-order valence-electron chi connectivity index (χ1n) is 8.77. The van der Waals surface area contributed by atoms with Crippen LogP contribution in [0.2, 0.25) is 0 Å². The summed E-state index contributed by atoms with van der Waals surface area (Å²) in [5, 5.41) is -2.62. The summed E-state index contributed by atoms with van der Waals surface area (Å²) in [6.45, 7) is 2.04. The van der Waals surface area contributed by atoms with E-state index in [0.717, 1.165) is 32.8 Å². The molecule has 0 aromatic heterocycles. The van der Waals surface area contributed by atoms with Crippen LogP contribution in [0.4, 0.5) is 26.3 Å². The summed E-state index contributed by atoms with van der Waals surface area (Å²) in [6.07, 6.45) is 4.94. The fourth-order valence-electron chi connectivity index (χ4n) is 3.36. The number of hydrogen-bond donors (Lipinski definition) is 1. The summed E-state index contributed by atoms with van der Waals surface area (Å²) in [6, 6.07) is 0. The maximum Gasteiger partial charge on any atom is 0.392 e. The Bertz CT molecular complexity index is 428. The molecule has 0 bridgehead atoms. The van der Waals surface area contributed by atoms with E-state index in [1.807, 2.05) is 0 Å². The predicted molar refractivity (Wildman–Crippen MR) is 95.0 cm³/mol. The first-order chi connectivity index (χ1) is 12.1. The van der Waals surface area contributed by atoms with Crippen LogP contribution in [0.25, 0.3) is 0 Å². The molecule has 26 heavy (non-hydrogen) atoms. The molecule has 2 atom stereocenters. The Morgan fingerprint density at radius 1 is 0.923 bits per heavy atom. The van der Waals surface area contributed by atoms with Gasteiger partial charge in [0.15, 0.2) is 0 Å². The molecule has 10 heteroatoms. The number of rotatable bonds is 7. The third-order valence-electron chi connectivity index (χ3n) is 4.72. The van der Waals surface area contributed by atoms with Gasteiger partial charge in [0, 0.05) is 32.1 Å². The second-order valence-electron chi connectivity index (χ2n) is 6.53. The Hall–Kier alpha value is 0.200. The monoisotopic (exact) mass is 427 g/mol. The second-order valence-corrected chi connectivity index (χ2v) is 8.95.